The zero-order chi connectivity index (χ0) is 21.6. The van der Waals surface area contributed by atoms with Gasteiger partial charge in [-0.05, 0) is 26.2 Å². The van der Waals surface area contributed by atoms with Crippen LogP contribution in [-0.4, -0.2) is 62.1 Å². The number of nitrogens with zero attached hydrogens (tertiary/aromatic N) is 3. The minimum atomic E-state index is -0.469. The molecule has 0 aliphatic rings. The van der Waals surface area contributed by atoms with Crippen molar-refractivity contribution in [2.45, 2.75) is 0 Å². The van der Waals surface area contributed by atoms with E-state index in [9.17, 15) is 9.59 Å². The topological polar surface area (TPSA) is 103 Å². The van der Waals surface area contributed by atoms with Crippen molar-refractivity contribution < 1.29 is 9.53 Å². The molecule has 2 rings (SSSR count). The average Bonchev–Trinajstić information content (AvgIpc) is 2.69. The van der Waals surface area contributed by atoms with Crippen LogP contribution in [0.2, 0.25) is 5.02 Å². The van der Waals surface area contributed by atoms with Crippen molar-refractivity contribution in [3.63, 3.8) is 0 Å². The van der Waals surface area contributed by atoms with E-state index in [-0.39, 0.29) is 16.9 Å². The molecule has 0 radical (unpaired) electrons. The molecule has 3 N–H and O–H groups in total. The Kier molecular flexibility index (Phi) is 7.63. The lowest BCUT2D eigenvalue weighted by Gasteiger charge is -2.26. The summed E-state index contributed by atoms with van der Waals surface area (Å²) in [6, 6.07) is 3.50. The molecule has 2 aromatic rings. The Bertz CT molecular complexity index is 944. The van der Waals surface area contributed by atoms with Crippen LogP contribution in [0.3, 0.4) is 0 Å². The molecule has 9 nitrogen and oxygen atoms in total. The number of rotatable bonds is 9. The Morgan fingerprint density at radius 3 is 2.62 bits per heavy atom. The van der Waals surface area contributed by atoms with Gasteiger partial charge in [-0.3, -0.25) is 14.6 Å². The number of carbonyl (C=O) groups excluding carboxylic acids is 1. The summed E-state index contributed by atoms with van der Waals surface area (Å²) in [5.41, 5.74) is 1.35. The summed E-state index contributed by atoms with van der Waals surface area (Å²) in [5.74, 6) is 0.347. The highest BCUT2D eigenvalue weighted by molar-refractivity contribution is 6.30. The smallest absolute Gasteiger partial charge is 0.271 e. The third-order valence-corrected chi connectivity index (χ3v) is 4.33. The maximum atomic E-state index is 11.9. The molecule has 0 saturated heterocycles. The van der Waals surface area contributed by atoms with Crippen LogP contribution in [-0.2, 0) is 4.79 Å². The summed E-state index contributed by atoms with van der Waals surface area (Å²) in [6.07, 6.45) is 2.44. The number of amides is 1. The standard InChI is InChI=1S/C19H25ClN6O3/c1-6-17(27)22-13-9-14(23-19-21-11-12(20)18(28)24-19)16(29-5)10-15(13)26(4)8-7-25(2)3/h6,9-11H,1,7-8H2,2-5H3,(H,22,27)(H2,21,23,24,28). The van der Waals surface area contributed by atoms with Gasteiger partial charge in [-0.25, -0.2) is 4.98 Å². The number of H-pyrrole nitrogens is 1. The molecule has 0 aliphatic carbocycles. The molecule has 156 valence electrons. The van der Waals surface area contributed by atoms with Crippen molar-refractivity contribution in [1.82, 2.24) is 14.9 Å². The summed E-state index contributed by atoms with van der Waals surface area (Å²) in [6.45, 7) is 5.05. The second-order valence-corrected chi connectivity index (χ2v) is 6.93. The minimum absolute atomic E-state index is 0.0145. The number of hydrogen-bond acceptors (Lipinski definition) is 7. The van der Waals surface area contributed by atoms with Crippen LogP contribution in [0.1, 0.15) is 0 Å². The number of carbonyl (C=O) groups is 1. The molecule has 1 amide bonds. The van der Waals surface area contributed by atoms with E-state index in [1.807, 2.05) is 26.0 Å². The van der Waals surface area contributed by atoms with Gasteiger partial charge in [0, 0.05) is 26.2 Å². The van der Waals surface area contributed by atoms with E-state index in [1.54, 1.807) is 12.1 Å². The highest BCUT2D eigenvalue weighted by atomic mass is 35.5. The van der Waals surface area contributed by atoms with E-state index in [2.05, 4.69) is 32.1 Å². The number of halogens is 1. The van der Waals surface area contributed by atoms with Crippen molar-refractivity contribution in [2.24, 2.45) is 0 Å². The van der Waals surface area contributed by atoms with Crippen molar-refractivity contribution in [2.75, 3.05) is 56.9 Å². The number of methoxy groups -OCH3 is 1. The molecule has 29 heavy (non-hydrogen) atoms. The zero-order valence-corrected chi connectivity index (χ0v) is 17.6. The predicted octanol–water partition coefficient (Wildman–Crippen LogP) is 2.30. The highest BCUT2D eigenvalue weighted by Crippen LogP contribution is 2.37. The van der Waals surface area contributed by atoms with Gasteiger partial charge in [0.15, 0.2) is 0 Å². The van der Waals surface area contributed by atoms with Crippen LogP contribution in [0.4, 0.5) is 23.0 Å². The molecule has 0 spiro atoms. The summed E-state index contributed by atoms with van der Waals surface area (Å²) in [4.78, 5) is 34.3. The third-order valence-electron chi connectivity index (χ3n) is 4.06. The lowest BCUT2D eigenvalue weighted by Crippen LogP contribution is -2.29. The number of aromatic amines is 1. The molecule has 0 fully saturated rings. The first kappa shape index (κ1) is 22.3. The van der Waals surface area contributed by atoms with Crippen LogP contribution < -0.4 is 25.8 Å². The van der Waals surface area contributed by atoms with Gasteiger partial charge in [-0.1, -0.05) is 18.2 Å². The van der Waals surface area contributed by atoms with E-state index < -0.39 is 5.56 Å². The fraction of sp³-hybridized carbons (Fsp3) is 0.316. The van der Waals surface area contributed by atoms with E-state index in [0.29, 0.717) is 17.1 Å². The normalized spacial score (nSPS) is 10.6. The highest BCUT2D eigenvalue weighted by Gasteiger charge is 2.16. The third kappa shape index (κ3) is 5.97. The summed E-state index contributed by atoms with van der Waals surface area (Å²) < 4.78 is 5.50. The van der Waals surface area contributed by atoms with Crippen molar-refractivity contribution in [1.29, 1.82) is 0 Å². The van der Waals surface area contributed by atoms with E-state index in [4.69, 9.17) is 16.3 Å². The SMILES string of the molecule is C=CC(=O)Nc1cc(Nc2ncc(Cl)c(=O)[nH]2)c(OC)cc1N(C)CCN(C)C. The van der Waals surface area contributed by atoms with E-state index in [0.717, 1.165) is 18.8 Å². The number of nitrogens with one attached hydrogen (secondary N) is 3. The summed E-state index contributed by atoms with van der Waals surface area (Å²) in [7, 11) is 7.43. The molecule has 10 heteroatoms. The Balaban J connectivity index is 2.46. The second-order valence-electron chi connectivity index (χ2n) is 6.52. The van der Waals surface area contributed by atoms with E-state index in [1.165, 1.54) is 19.4 Å². The van der Waals surface area contributed by atoms with Gasteiger partial charge < -0.3 is 25.2 Å². The predicted molar refractivity (Wildman–Crippen MR) is 117 cm³/mol. The van der Waals surface area contributed by atoms with Crippen LogP contribution in [0.25, 0.3) is 0 Å². The monoisotopic (exact) mass is 420 g/mol. The zero-order valence-electron chi connectivity index (χ0n) is 16.9. The number of benzene rings is 1. The van der Waals surface area contributed by atoms with Gasteiger partial charge in [0.25, 0.3) is 5.56 Å². The van der Waals surface area contributed by atoms with Gasteiger partial charge in [0.05, 0.1) is 30.4 Å². The number of hydrogen-bond donors (Lipinski definition) is 3. The largest absolute Gasteiger partial charge is 0.494 e. The molecule has 1 aromatic carbocycles. The van der Waals surface area contributed by atoms with Crippen molar-refractivity contribution in [3.05, 3.63) is 46.4 Å². The quantitative estimate of drug-likeness (QED) is 0.535. The lowest BCUT2D eigenvalue weighted by molar-refractivity contribution is -0.111. The summed E-state index contributed by atoms with van der Waals surface area (Å²) >= 11 is 5.72. The van der Waals surface area contributed by atoms with Crippen LogP contribution >= 0.6 is 11.6 Å². The molecule has 0 aliphatic heterocycles. The molecular weight excluding hydrogens is 396 g/mol. The van der Waals surface area contributed by atoms with Gasteiger partial charge in [0.2, 0.25) is 11.9 Å². The molecular formula is C19H25ClN6O3. The Morgan fingerprint density at radius 2 is 2.03 bits per heavy atom. The van der Waals surface area contributed by atoms with Gasteiger partial charge in [-0.2, -0.15) is 0 Å². The fourth-order valence-corrected chi connectivity index (χ4v) is 2.57. The first-order valence-electron chi connectivity index (χ1n) is 8.78. The van der Waals surface area contributed by atoms with Crippen LogP contribution in [0.5, 0.6) is 5.75 Å². The molecule has 1 aromatic heterocycles. The van der Waals surface area contributed by atoms with Crippen LogP contribution in [0.15, 0.2) is 35.8 Å². The first-order valence-corrected chi connectivity index (χ1v) is 9.16. The number of anilines is 4. The maximum Gasteiger partial charge on any atom is 0.271 e. The average molecular weight is 421 g/mol. The first-order chi connectivity index (χ1) is 13.7. The van der Waals surface area contributed by atoms with Gasteiger partial charge in [-0.15, -0.1) is 0 Å². The minimum Gasteiger partial charge on any atom is -0.494 e. The summed E-state index contributed by atoms with van der Waals surface area (Å²) in [5, 5.41) is 5.78. The number of likely N-dealkylation sites (N-methyl/N-ethyl adjacent to an activating group) is 2. The number of aromatic nitrogens is 2. The Morgan fingerprint density at radius 1 is 1.31 bits per heavy atom. The molecule has 0 saturated carbocycles. The van der Waals surface area contributed by atoms with Gasteiger partial charge >= 0.3 is 0 Å². The Labute approximate surface area is 174 Å². The van der Waals surface area contributed by atoms with Crippen molar-refractivity contribution in [3.8, 4) is 5.75 Å². The number of ether oxygens (including phenoxy) is 1. The second kappa shape index (κ2) is 9.94. The van der Waals surface area contributed by atoms with Crippen molar-refractivity contribution >= 4 is 40.5 Å². The molecule has 0 atom stereocenters. The molecule has 0 unspecified atom stereocenters. The van der Waals surface area contributed by atoms with Gasteiger partial charge in [0.1, 0.15) is 10.8 Å². The molecule has 1 heterocycles. The maximum absolute atomic E-state index is 11.9. The van der Waals surface area contributed by atoms with Crippen LogP contribution in [0, 0.1) is 0 Å². The lowest BCUT2D eigenvalue weighted by atomic mass is 10.2. The fourth-order valence-electron chi connectivity index (χ4n) is 2.48. The Hall–Kier alpha value is -3.04. The molecule has 0 bridgehead atoms. The van der Waals surface area contributed by atoms with E-state index >= 15 is 0 Å².